The summed E-state index contributed by atoms with van der Waals surface area (Å²) in [6.07, 6.45) is 4.21. The maximum absolute atomic E-state index is 11.9. The van der Waals surface area contributed by atoms with Crippen molar-refractivity contribution in [3.63, 3.8) is 0 Å². The number of imidazole rings is 1. The Balaban J connectivity index is 1.71. The molecule has 0 amide bonds. The van der Waals surface area contributed by atoms with E-state index in [-0.39, 0.29) is 5.78 Å². The van der Waals surface area contributed by atoms with Crippen LogP contribution < -0.4 is 0 Å². The van der Waals surface area contributed by atoms with Crippen molar-refractivity contribution in [1.29, 1.82) is 0 Å². The quantitative estimate of drug-likeness (QED) is 0.779. The van der Waals surface area contributed by atoms with E-state index in [1.54, 1.807) is 0 Å². The number of H-pyrrole nitrogens is 1. The summed E-state index contributed by atoms with van der Waals surface area (Å²) in [5, 5.41) is 0. The SMILES string of the molecule is Cc1cccc(-c2cnc(-c3ccc4c(n3)CCCC4=O)[nH]2)c1. The van der Waals surface area contributed by atoms with Gasteiger partial charge in [-0.1, -0.05) is 23.8 Å². The second-order valence-electron chi connectivity index (χ2n) is 5.98. The third-order valence-electron chi connectivity index (χ3n) is 4.24. The number of hydrogen-bond acceptors (Lipinski definition) is 3. The first kappa shape index (κ1) is 13.9. The number of pyridine rings is 1. The Kier molecular flexibility index (Phi) is 3.30. The number of Topliss-reactive ketones (excluding diaryl/α,β-unsaturated/α-hetero) is 1. The van der Waals surface area contributed by atoms with Crippen LogP contribution in [0.15, 0.2) is 42.6 Å². The summed E-state index contributed by atoms with van der Waals surface area (Å²) in [4.78, 5) is 24.3. The van der Waals surface area contributed by atoms with E-state index in [9.17, 15) is 4.79 Å². The molecule has 1 aliphatic rings. The first-order chi connectivity index (χ1) is 11.2. The standard InChI is InChI=1S/C19H17N3O/c1-12-4-2-5-13(10-12)17-11-20-19(22-17)16-9-8-14-15(21-16)6-3-7-18(14)23/h2,4-5,8-11H,3,6-7H2,1H3,(H,20,22). The van der Waals surface area contributed by atoms with Crippen molar-refractivity contribution in [2.24, 2.45) is 0 Å². The Morgan fingerprint density at radius 1 is 1.13 bits per heavy atom. The van der Waals surface area contributed by atoms with Crippen LogP contribution in [0.5, 0.6) is 0 Å². The zero-order chi connectivity index (χ0) is 15.8. The highest BCUT2D eigenvalue weighted by Gasteiger charge is 2.19. The fourth-order valence-corrected chi connectivity index (χ4v) is 3.04. The van der Waals surface area contributed by atoms with Crippen molar-refractivity contribution < 1.29 is 4.79 Å². The monoisotopic (exact) mass is 303 g/mol. The zero-order valence-corrected chi connectivity index (χ0v) is 13.0. The van der Waals surface area contributed by atoms with Crippen LogP contribution in [0, 0.1) is 6.92 Å². The first-order valence-electron chi connectivity index (χ1n) is 7.86. The van der Waals surface area contributed by atoms with Gasteiger partial charge < -0.3 is 4.98 Å². The van der Waals surface area contributed by atoms with Gasteiger partial charge >= 0.3 is 0 Å². The molecule has 4 heteroatoms. The minimum Gasteiger partial charge on any atom is -0.337 e. The molecule has 0 radical (unpaired) electrons. The van der Waals surface area contributed by atoms with Crippen molar-refractivity contribution in [2.45, 2.75) is 26.2 Å². The van der Waals surface area contributed by atoms with Crippen molar-refractivity contribution in [3.05, 3.63) is 59.4 Å². The minimum atomic E-state index is 0.199. The van der Waals surface area contributed by atoms with Gasteiger partial charge in [0.25, 0.3) is 0 Å². The van der Waals surface area contributed by atoms with Crippen LogP contribution in [0.4, 0.5) is 0 Å². The second kappa shape index (κ2) is 5.47. The number of aryl methyl sites for hydroxylation is 2. The van der Waals surface area contributed by atoms with E-state index >= 15 is 0 Å². The highest BCUT2D eigenvalue weighted by atomic mass is 16.1. The summed E-state index contributed by atoms with van der Waals surface area (Å²) >= 11 is 0. The molecule has 2 aromatic heterocycles. The molecule has 0 aliphatic heterocycles. The molecule has 23 heavy (non-hydrogen) atoms. The summed E-state index contributed by atoms with van der Waals surface area (Å²) < 4.78 is 0. The zero-order valence-electron chi connectivity index (χ0n) is 13.0. The van der Waals surface area contributed by atoms with Gasteiger partial charge in [-0.2, -0.15) is 0 Å². The van der Waals surface area contributed by atoms with Crippen molar-refractivity contribution in [1.82, 2.24) is 15.0 Å². The van der Waals surface area contributed by atoms with Gasteiger partial charge in [0.15, 0.2) is 11.6 Å². The molecular formula is C19H17N3O. The van der Waals surface area contributed by atoms with Gasteiger partial charge in [-0.3, -0.25) is 4.79 Å². The smallest absolute Gasteiger partial charge is 0.164 e. The summed E-state index contributed by atoms with van der Waals surface area (Å²) in [6.45, 7) is 2.07. The molecule has 3 aromatic rings. The second-order valence-corrected chi connectivity index (χ2v) is 5.98. The van der Waals surface area contributed by atoms with Crippen molar-refractivity contribution >= 4 is 5.78 Å². The number of carbonyl (C=O) groups excluding carboxylic acids is 1. The van der Waals surface area contributed by atoms with E-state index in [0.29, 0.717) is 6.42 Å². The Labute approximate surface area is 134 Å². The van der Waals surface area contributed by atoms with Crippen LogP contribution in [0.2, 0.25) is 0 Å². The highest BCUT2D eigenvalue weighted by molar-refractivity contribution is 5.98. The maximum atomic E-state index is 11.9. The Morgan fingerprint density at radius 2 is 2.04 bits per heavy atom. The van der Waals surface area contributed by atoms with Crippen LogP contribution in [0.3, 0.4) is 0 Å². The molecule has 4 rings (SSSR count). The van der Waals surface area contributed by atoms with Crippen LogP contribution >= 0.6 is 0 Å². The van der Waals surface area contributed by atoms with E-state index < -0.39 is 0 Å². The number of nitrogens with zero attached hydrogens (tertiary/aromatic N) is 2. The fraction of sp³-hybridized carbons (Fsp3) is 0.211. The van der Waals surface area contributed by atoms with Crippen LogP contribution in [-0.4, -0.2) is 20.7 Å². The molecule has 0 saturated heterocycles. The van der Waals surface area contributed by atoms with Crippen molar-refractivity contribution in [3.8, 4) is 22.8 Å². The van der Waals surface area contributed by atoms with Gasteiger partial charge in [0.2, 0.25) is 0 Å². The summed E-state index contributed by atoms with van der Waals surface area (Å²) in [5.74, 6) is 0.938. The number of carbonyl (C=O) groups is 1. The number of ketones is 1. The normalized spacial score (nSPS) is 13.9. The molecule has 1 aromatic carbocycles. The lowest BCUT2D eigenvalue weighted by molar-refractivity contribution is 0.0971. The Hall–Kier alpha value is -2.75. The lowest BCUT2D eigenvalue weighted by Gasteiger charge is -2.13. The fourth-order valence-electron chi connectivity index (χ4n) is 3.04. The van der Waals surface area contributed by atoms with Gasteiger partial charge in [0.1, 0.15) is 5.69 Å². The molecule has 1 aliphatic carbocycles. The number of hydrogen-bond donors (Lipinski definition) is 1. The van der Waals surface area contributed by atoms with Crippen LogP contribution in [0.25, 0.3) is 22.8 Å². The first-order valence-corrected chi connectivity index (χ1v) is 7.86. The average molecular weight is 303 g/mol. The van der Waals surface area contributed by atoms with E-state index in [4.69, 9.17) is 0 Å². The van der Waals surface area contributed by atoms with E-state index in [1.807, 2.05) is 24.4 Å². The van der Waals surface area contributed by atoms with Gasteiger partial charge in [0, 0.05) is 12.0 Å². The minimum absolute atomic E-state index is 0.199. The molecule has 0 fully saturated rings. The highest BCUT2D eigenvalue weighted by Crippen LogP contribution is 2.25. The lowest BCUT2D eigenvalue weighted by atomic mass is 9.94. The topological polar surface area (TPSA) is 58.6 Å². The summed E-state index contributed by atoms with van der Waals surface area (Å²) in [5.41, 5.74) is 5.75. The average Bonchev–Trinajstić information content (AvgIpc) is 3.05. The number of aromatic nitrogens is 3. The Bertz CT molecular complexity index is 895. The number of benzene rings is 1. The molecule has 0 atom stereocenters. The lowest BCUT2D eigenvalue weighted by Crippen LogP contribution is -2.12. The van der Waals surface area contributed by atoms with E-state index in [0.717, 1.165) is 46.9 Å². The van der Waals surface area contributed by atoms with Crippen LogP contribution in [0.1, 0.15) is 34.5 Å². The van der Waals surface area contributed by atoms with Gasteiger partial charge in [-0.25, -0.2) is 9.97 Å². The largest absolute Gasteiger partial charge is 0.337 e. The summed E-state index contributed by atoms with van der Waals surface area (Å²) in [6, 6.07) is 12.0. The molecule has 114 valence electrons. The van der Waals surface area contributed by atoms with Crippen LogP contribution in [-0.2, 0) is 6.42 Å². The molecule has 0 spiro atoms. The number of nitrogens with one attached hydrogen (secondary N) is 1. The molecule has 0 bridgehead atoms. The molecule has 1 N–H and O–H groups in total. The predicted molar refractivity (Wildman–Crippen MR) is 89.3 cm³/mol. The van der Waals surface area contributed by atoms with Crippen molar-refractivity contribution in [2.75, 3.05) is 0 Å². The Morgan fingerprint density at radius 3 is 2.91 bits per heavy atom. The third-order valence-corrected chi connectivity index (χ3v) is 4.24. The molecule has 0 unspecified atom stereocenters. The molecule has 4 nitrogen and oxygen atoms in total. The van der Waals surface area contributed by atoms with E-state index in [1.165, 1.54) is 5.56 Å². The molecule has 2 heterocycles. The number of fused-ring (bicyclic) bond motifs is 1. The molecule has 0 saturated carbocycles. The third kappa shape index (κ3) is 2.57. The summed E-state index contributed by atoms with van der Waals surface area (Å²) in [7, 11) is 0. The molecular weight excluding hydrogens is 286 g/mol. The predicted octanol–water partition coefficient (Wildman–Crippen LogP) is 3.97. The number of aromatic amines is 1. The number of rotatable bonds is 2. The van der Waals surface area contributed by atoms with Gasteiger partial charge in [-0.05, 0) is 43.5 Å². The van der Waals surface area contributed by atoms with E-state index in [2.05, 4.69) is 40.1 Å². The van der Waals surface area contributed by atoms with Gasteiger partial charge in [-0.15, -0.1) is 0 Å². The van der Waals surface area contributed by atoms with Gasteiger partial charge in [0.05, 0.1) is 17.6 Å². The maximum Gasteiger partial charge on any atom is 0.164 e.